The smallest absolute Gasteiger partial charge is 0.294 e. The number of hydrogen-bond donors (Lipinski definition) is 1. The third kappa shape index (κ3) is 6.04. The van der Waals surface area contributed by atoms with E-state index in [1.165, 1.54) is 19.1 Å². The van der Waals surface area contributed by atoms with Gasteiger partial charge in [-0.15, -0.1) is 11.8 Å². The lowest BCUT2D eigenvalue weighted by Crippen LogP contribution is -2.15. The van der Waals surface area contributed by atoms with E-state index in [9.17, 15) is 13.2 Å². The predicted molar refractivity (Wildman–Crippen MR) is 77.7 cm³/mol. The molecule has 0 saturated carbocycles. The molecule has 0 fully saturated rings. The number of carbonyl (C=O) groups is 1. The van der Waals surface area contributed by atoms with Crippen LogP contribution in [0.15, 0.2) is 34.1 Å². The van der Waals surface area contributed by atoms with E-state index in [1.54, 1.807) is 31.0 Å². The fourth-order valence-electron chi connectivity index (χ4n) is 1.64. The van der Waals surface area contributed by atoms with Crippen molar-refractivity contribution in [2.75, 3.05) is 12.9 Å². The van der Waals surface area contributed by atoms with Crippen LogP contribution in [0.2, 0.25) is 0 Å². The number of Topliss-reactive ketones (excluding diaryl/α,β-unsaturated/α-hetero) is 1. The van der Waals surface area contributed by atoms with E-state index < -0.39 is 10.1 Å². The van der Waals surface area contributed by atoms with Gasteiger partial charge in [-0.3, -0.25) is 9.35 Å². The average Bonchev–Trinajstić information content (AvgIpc) is 2.36. The lowest BCUT2D eigenvalue weighted by molar-refractivity contribution is -0.119. The standard InChI is InChI=1S/C13H18O5S2/c1-10(14)9-11(18-2)7-8-19-12-3-5-13(6-4-12)20(15,16)17/h3-6,11H,7-9H2,1-2H3,(H,15,16,17). The van der Waals surface area contributed by atoms with Crippen LogP contribution < -0.4 is 0 Å². The van der Waals surface area contributed by atoms with Crippen LogP contribution in [0.1, 0.15) is 19.8 Å². The van der Waals surface area contributed by atoms with Gasteiger partial charge in [0.1, 0.15) is 5.78 Å². The van der Waals surface area contributed by atoms with Crippen molar-refractivity contribution in [2.24, 2.45) is 0 Å². The van der Waals surface area contributed by atoms with Crippen LogP contribution >= 0.6 is 11.8 Å². The van der Waals surface area contributed by atoms with Gasteiger partial charge in [0.25, 0.3) is 10.1 Å². The first-order chi connectivity index (χ1) is 9.32. The first-order valence-electron chi connectivity index (χ1n) is 6.05. The minimum absolute atomic E-state index is 0.0860. The largest absolute Gasteiger partial charge is 0.381 e. The second-order valence-electron chi connectivity index (χ2n) is 4.35. The van der Waals surface area contributed by atoms with Gasteiger partial charge in [0.15, 0.2) is 0 Å². The second-order valence-corrected chi connectivity index (χ2v) is 6.94. The van der Waals surface area contributed by atoms with Gasteiger partial charge in [-0.1, -0.05) is 0 Å². The van der Waals surface area contributed by atoms with Crippen LogP contribution in [-0.2, 0) is 19.6 Å². The molecule has 112 valence electrons. The molecule has 0 aliphatic heterocycles. The van der Waals surface area contributed by atoms with Crippen molar-refractivity contribution in [2.45, 2.75) is 35.7 Å². The molecule has 1 atom stereocenters. The first kappa shape index (κ1) is 17.2. The Hall–Kier alpha value is -0.890. The maximum Gasteiger partial charge on any atom is 0.294 e. The summed E-state index contributed by atoms with van der Waals surface area (Å²) in [7, 11) is -2.56. The quantitative estimate of drug-likeness (QED) is 0.585. The Bertz CT molecular complexity index is 536. The third-order valence-electron chi connectivity index (χ3n) is 2.68. The number of carbonyl (C=O) groups excluding carboxylic acids is 1. The van der Waals surface area contributed by atoms with Gasteiger partial charge in [-0.05, 0) is 37.6 Å². The Morgan fingerprint density at radius 1 is 1.35 bits per heavy atom. The third-order valence-corrected chi connectivity index (χ3v) is 4.59. The van der Waals surface area contributed by atoms with E-state index >= 15 is 0 Å². The molecule has 5 nitrogen and oxygen atoms in total. The zero-order chi connectivity index (χ0) is 15.2. The highest BCUT2D eigenvalue weighted by atomic mass is 32.2. The topological polar surface area (TPSA) is 80.7 Å². The van der Waals surface area contributed by atoms with Crippen LogP contribution in [-0.4, -0.2) is 37.7 Å². The summed E-state index contributed by atoms with van der Waals surface area (Å²) in [6, 6.07) is 6.00. The van der Waals surface area contributed by atoms with Gasteiger partial charge in [0, 0.05) is 24.2 Å². The Morgan fingerprint density at radius 3 is 2.40 bits per heavy atom. The van der Waals surface area contributed by atoms with E-state index in [0.29, 0.717) is 6.42 Å². The minimum Gasteiger partial charge on any atom is -0.381 e. The van der Waals surface area contributed by atoms with Gasteiger partial charge >= 0.3 is 0 Å². The summed E-state index contributed by atoms with van der Waals surface area (Å²) < 4.78 is 35.9. The molecule has 1 N–H and O–H groups in total. The molecule has 1 aromatic rings. The molecule has 0 saturated heterocycles. The Morgan fingerprint density at radius 2 is 1.95 bits per heavy atom. The number of methoxy groups -OCH3 is 1. The highest BCUT2D eigenvalue weighted by Crippen LogP contribution is 2.22. The molecular weight excluding hydrogens is 300 g/mol. The number of benzene rings is 1. The van der Waals surface area contributed by atoms with Crippen molar-refractivity contribution in [1.29, 1.82) is 0 Å². The predicted octanol–water partition coefficient (Wildman–Crippen LogP) is 2.41. The average molecular weight is 318 g/mol. The van der Waals surface area contributed by atoms with Crippen molar-refractivity contribution in [3.05, 3.63) is 24.3 Å². The number of thioether (sulfide) groups is 1. The second kappa shape index (κ2) is 7.78. The minimum atomic E-state index is -4.14. The SMILES string of the molecule is COC(CCSc1ccc(S(=O)(=O)O)cc1)CC(C)=O. The number of ketones is 1. The van der Waals surface area contributed by atoms with Gasteiger partial charge in [0.05, 0.1) is 11.0 Å². The van der Waals surface area contributed by atoms with Crippen molar-refractivity contribution < 1.29 is 22.5 Å². The molecule has 0 radical (unpaired) electrons. The van der Waals surface area contributed by atoms with Crippen LogP contribution in [0.3, 0.4) is 0 Å². The Kier molecular flexibility index (Phi) is 6.67. The van der Waals surface area contributed by atoms with E-state index in [4.69, 9.17) is 9.29 Å². The fraction of sp³-hybridized carbons (Fsp3) is 0.462. The molecule has 0 aliphatic rings. The fourth-order valence-corrected chi connectivity index (χ4v) is 3.06. The summed E-state index contributed by atoms with van der Waals surface area (Å²) in [5, 5.41) is 0. The molecule has 7 heteroatoms. The molecule has 0 amide bonds. The van der Waals surface area contributed by atoms with Crippen LogP contribution in [0.4, 0.5) is 0 Å². The zero-order valence-electron chi connectivity index (χ0n) is 11.4. The molecule has 0 heterocycles. The van der Waals surface area contributed by atoms with E-state index in [2.05, 4.69) is 0 Å². The van der Waals surface area contributed by atoms with Crippen molar-refractivity contribution in [3.63, 3.8) is 0 Å². The molecule has 1 aromatic carbocycles. The zero-order valence-corrected chi connectivity index (χ0v) is 13.0. The molecule has 0 aromatic heterocycles. The summed E-state index contributed by atoms with van der Waals surface area (Å²) in [5.74, 6) is 0.858. The summed E-state index contributed by atoms with van der Waals surface area (Å²) in [6.45, 7) is 1.53. The summed E-state index contributed by atoms with van der Waals surface area (Å²) in [6.07, 6.45) is 1.05. The van der Waals surface area contributed by atoms with Gasteiger partial charge in [-0.2, -0.15) is 8.42 Å². The van der Waals surface area contributed by atoms with Gasteiger partial charge in [-0.25, -0.2) is 0 Å². The van der Waals surface area contributed by atoms with Crippen molar-refractivity contribution >= 4 is 27.7 Å². The number of ether oxygens (including phenoxy) is 1. The molecule has 20 heavy (non-hydrogen) atoms. The Labute approximate surface area is 123 Å². The van der Waals surface area contributed by atoms with Gasteiger partial charge < -0.3 is 4.74 Å². The normalized spacial score (nSPS) is 13.2. The van der Waals surface area contributed by atoms with E-state index in [-0.39, 0.29) is 16.8 Å². The molecule has 0 aliphatic carbocycles. The summed E-state index contributed by atoms with van der Waals surface area (Å²) in [4.78, 5) is 11.8. The van der Waals surface area contributed by atoms with E-state index in [0.717, 1.165) is 17.1 Å². The lowest BCUT2D eigenvalue weighted by atomic mass is 10.1. The number of rotatable bonds is 8. The van der Waals surface area contributed by atoms with Crippen LogP contribution in [0, 0.1) is 0 Å². The lowest BCUT2D eigenvalue weighted by Gasteiger charge is -2.13. The van der Waals surface area contributed by atoms with Crippen molar-refractivity contribution in [1.82, 2.24) is 0 Å². The van der Waals surface area contributed by atoms with E-state index in [1.807, 2.05) is 0 Å². The van der Waals surface area contributed by atoms with Gasteiger partial charge in [0.2, 0.25) is 0 Å². The monoisotopic (exact) mass is 318 g/mol. The molecule has 0 bridgehead atoms. The molecule has 1 unspecified atom stereocenters. The molecule has 1 rings (SSSR count). The summed E-state index contributed by atoms with van der Waals surface area (Å²) in [5.41, 5.74) is 0. The molecular formula is C13H18O5S2. The first-order valence-corrected chi connectivity index (χ1v) is 8.48. The van der Waals surface area contributed by atoms with Crippen LogP contribution in [0.5, 0.6) is 0 Å². The van der Waals surface area contributed by atoms with Crippen LogP contribution in [0.25, 0.3) is 0 Å². The maximum atomic E-state index is 11.0. The highest BCUT2D eigenvalue weighted by molar-refractivity contribution is 7.99. The van der Waals surface area contributed by atoms with Crippen molar-refractivity contribution in [3.8, 4) is 0 Å². The Balaban J connectivity index is 2.48. The highest BCUT2D eigenvalue weighted by Gasteiger charge is 2.11. The number of hydrogen-bond acceptors (Lipinski definition) is 5. The summed E-state index contributed by atoms with van der Waals surface area (Å²) >= 11 is 1.54. The molecule has 0 spiro atoms. The maximum absolute atomic E-state index is 11.0.